The molecular formula is C13H14FNO2S. The Hall–Kier alpha value is -1.46. The number of hydrogen-bond acceptors (Lipinski definition) is 3. The van der Waals surface area contributed by atoms with Crippen LogP contribution in [0.3, 0.4) is 0 Å². The van der Waals surface area contributed by atoms with Gasteiger partial charge < -0.3 is 10.1 Å². The zero-order valence-electron chi connectivity index (χ0n) is 10.2. The lowest BCUT2D eigenvalue weighted by molar-refractivity contribution is 0.0909. The maximum atomic E-state index is 13.5. The van der Waals surface area contributed by atoms with E-state index in [1.165, 1.54) is 17.4 Å². The van der Waals surface area contributed by atoms with Gasteiger partial charge in [0, 0.05) is 23.2 Å². The normalized spacial score (nSPS) is 12.6. The number of ether oxygens (including phenoxy) is 1. The summed E-state index contributed by atoms with van der Waals surface area (Å²) < 4.78 is 19.2. The van der Waals surface area contributed by atoms with E-state index in [1.807, 2.05) is 6.92 Å². The van der Waals surface area contributed by atoms with E-state index in [4.69, 9.17) is 4.74 Å². The number of carbonyl (C=O) groups is 1. The molecule has 0 aliphatic carbocycles. The highest BCUT2D eigenvalue weighted by molar-refractivity contribution is 7.20. The van der Waals surface area contributed by atoms with Gasteiger partial charge in [-0.25, -0.2) is 4.39 Å². The number of rotatable bonds is 4. The summed E-state index contributed by atoms with van der Waals surface area (Å²) in [4.78, 5) is 12.4. The van der Waals surface area contributed by atoms with E-state index in [0.717, 1.165) is 4.70 Å². The first-order chi connectivity index (χ1) is 8.61. The summed E-state index contributed by atoms with van der Waals surface area (Å²) >= 11 is 1.29. The Balaban J connectivity index is 2.21. The van der Waals surface area contributed by atoms with Crippen molar-refractivity contribution >= 4 is 27.3 Å². The van der Waals surface area contributed by atoms with Crippen molar-refractivity contribution in [3.8, 4) is 0 Å². The lowest BCUT2D eigenvalue weighted by atomic mass is 10.2. The molecule has 0 aliphatic heterocycles. The maximum absolute atomic E-state index is 13.5. The number of nitrogens with one attached hydrogen (secondary N) is 1. The molecule has 5 heteroatoms. The van der Waals surface area contributed by atoms with Gasteiger partial charge in [0.05, 0.1) is 11.5 Å². The molecule has 1 aromatic carbocycles. The fraction of sp³-hybridized carbons (Fsp3) is 0.308. The van der Waals surface area contributed by atoms with Crippen molar-refractivity contribution in [2.75, 3.05) is 13.7 Å². The Kier molecular flexibility index (Phi) is 3.93. The van der Waals surface area contributed by atoms with Crippen LogP contribution in [0.25, 0.3) is 10.1 Å². The van der Waals surface area contributed by atoms with E-state index < -0.39 is 0 Å². The maximum Gasteiger partial charge on any atom is 0.261 e. The molecule has 0 unspecified atom stereocenters. The van der Waals surface area contributed by atoms with Crippen molar-refractivity contribution in [3.05, 3.63) is 35.0 Å². The third-order valence-corrected chi connectivity index (χ3v) is 3.63. The number of halogens is 1. The summed E-state index contributed by atoms with van der Waals surface area (Å²) in [6.07, 6.45) is 0. The molecule has 0 fully saturated rings. The lowest BCUT2D eigenvalue weighted by Gasteiger charge is -2.11. The van der Waals surface area contributed by atoms with Crippen molar-refractivity contribution in [2.45, 2.75) is 13.0 Å². The first-order valence-corrected chi connectivity index (χ1v) is 6.41. The average molecular weight is 267 g/mol. The first-order valence-electron chi connectivity index (χ1n) is 5.59. The number of carbonyl (C=O) groups excluding carboxylic acids is 1. The molecule has 1 amide bonds. The molecule has 0 radical (unpaired) electrons. The smallest absolute Gasteiger partial charge is 0.261 e. The minimum atomic E-state index is -0.298. The largest absolute Gasteiger partial charge is 0.383 e. The molecule has 0 spiro atoms. The first kappa shape index (κ1) is 13.0. The van der Waals surface area contributed by atoms with Gasteiger partial charge >= 0.3 is 0 Å². The predicted molar refractivity (Wildman–Crippen MR) is 70.6 cm³/mol. The number of methoxy groups -OCH3 is 1. The van der Waals surface area contributed by atoms with Gasteiger partial charge in [-0.05, 0) is 25.1 Å². The lowest BCUT2D eigenvalue weighted by Crippen LogP contribution is -2.35. The van der Waals surface area contributed by atoms with Crippen LogP contribution in [-0.2, 0) is 4.74 Å². The SMILES string of the molecule is COC[C@@H](C)NC(=O)c1cc2c(F)cccc2s1. The molecule has 0 bridgehead atoms. The standard InChI is InChI=1S/C13H14FNO2S/c1-8(7-17-2)15-13(16)12-6-9-10(14)4-3-5-11(9)18-12/h3-6,8H,7H2,1-2H3,(H,15,16)/t8-/m1/s1. The van der Waals surface area contributed by atoms with Crippen molar-refractivity contribution in [1.29, 1.82) is 0 Å². The summed E-state index contributed by atoms with van der Waals surface area (Å²) in [7, 11) is 1.58. The third kappa shape index (κ3) is 2.68. The molecule has 2 rings (SSSR count). The Morgan fingerprint density at radius 2 is 2.33 bits per heavy atom. The van der Waals surface area contributed by atoms with Gasteiger partial charge in [-0.3, -0.25) is 4.79 Å². The third-order valence-electron chi connectivity index (χ3n) is 2.53. The van der Waals surface area contributed by atoms with E-state index in [2.05, 4.69) is 5.32 Å². The van der Waals surface area contributed by atoms with Gasteiger partial charge in [-0.1, -0.05) is 6.07 Å². The molecule has 0 aliphatic rings. The minimum absolute atomic E-state index is 0.0717. The van der Waals surface area contributed by atoms with Crippen LogP contribution in [0.15, 0.2) is 24.3 Å². The Morgan fingerprint density at radius 3 is 3.00 bits per heavy atom. The molecule has 1 heterocycles. The van der Waals surface area contributed by atoms with E-state index in [1.54, 1.807) is 25.3 Å². The predicted octanol–water partition coefficient (Wildman–Crippen LogP) is 2.81. The molecule has 2 aromatic rings. The molecule has 0 saturated carbocycles. The van der Waals surface area contributed by atoms with Crippen LogP contribution in [-0.4, -0.2) is 25.7 Å². The highest BCUT2D eigenvalue weighted by Gasteiger charge is 2.14. The highest BCUT2D eigenvalue weighted by atomic mass is 32.1. The highest BCUT2D eigenvalue weighted by Crippen LogP contribution is 2.27. The molecule has 1 N–H and O–H groups in total. The molecule has 96 valence electrons. The topological polar surface area (TPSA) is 38.3 Å². The van der Waals surface area contributed by atoms with Gasteiger partial charge in [0.25, 0.3) is 5.91 Å². The summed E-state index contributed by atoms with van der Waals surface area (Å²) in [5, 5.41) is 3.29. The summed E-state index contributed by atoms with van der Waals surface area (Å²) in [5.41, 5.74) is 0. The zero-order valence-corrected chi connectivity index (χ0v) is 11.0. The molecule has 1 aromatic heterocycles. The number of hydrogen-bond donors (Lipinski definition) is 1. The van der Waals surface area contributed by atoms with Crippen LogP contribution in [0.2, 0.25) is 0 Å². The van der Waals surface area contributed by atoms with E-state index in [0.29, 0.717) is 16.9 Å². The van der Waals surface area contributed by atoms with Gasteiger partial charge in [-0.2, -0.15) is 0 Å². The van der Waals surface area contributed by atoms with Gasteiger partial charge in [-0.15, -0.1) is 11.3 Å². The Labute approximate surface area is 109 Å². The summed E-state index contributed by atoms with van der Waals surface area (Å²) in [6.45, 7) is 2.31. The molecule has 0 saturated heterocycles. The number of thiophene rings is 1. The number of fused-ring (bicyclic) bond motifs is 1. The second kappa shape index (κ2) is 5.46. The van der Waals surface area contributed by atoms with Crippen LogP contribution >= 0.6 is 11.3 Å². The van der Waals surface area contributed by atoms with Crippen LogP contribution in [0.5, 0.6) is 0 Å². The zero-order chi connectivity index (χ0) is 13.1. The van der Waals surface area contributed by atoms with Crippen LogP contribution in [0.4, 0.5) is 4.39 Å². The van der Waals surface area contributed by atoms with Crippen molar-refractivity contribution < 1.29 is 13.9 Å². The monoisotopic (exact) mass is 267 g/mol. The van der Waals surface area contributed by atoms with Crippen LogP contribution < -0.4 is 5.32 Å². The average Bonchev–Trinajstić information content (AvgIpc) is 2.74. The fourth-order valence-corrected chi connectivity index (χ4v) is 2.70. The quantitative estimate of drug-likeness (QED) is 0.925. The number of amides is 1. The molecule has 18 heavy (non-hydrogen) atoms. The van der Waals surface area contributed by atoms with Gasteiger partial charge in [0.15, 0.2) is 0 Å². The van der Waals surface area contributed by atoms with Gasteiger partial charge in [0.2, 0.25) is 0 Å². The van der Waals surface area contributed by atoms with E-state index in [-0.39, 0.29) is 17.8 Å². The second-order valence-electron chi connectivity index (χ2n) is 4.09. The summed E-state index contributed by atoms with van der Waals surface area (Å²) in [5.74, 6) is -0.493. The van der Waals surface area contributed by atoms with E-state index in [9.17, 15) is 9.18 Å². The van der Waals surface area contributed by atoms with Gasteiger partial charge in [0.1, 0.15) is 5.82 Å². The Bertz CT molecular complexity index is 567. The van der Waals surface area contributed by atoms with Crippen molar-refractivity contribution in [2.24, 2.45) is 0 Å². The molecule has 1 atom stereocenters. The fourth-order valence-electron chi connectivity index (χ4n) is 1.72. The molecule has 3 nitrogen and oxygen atoms in total. The van der Waals surface area contributed by atoms with Crippen LogP contribution in [0, 0.1) is 5.82 Å². The van der Waals surface area contributed by atoms with Crippen molar-refractivity contribution in [3.63, 3.8) is 0 Å². The van der Waals surface area contributed by atoms with E-state index >= 15 is 0 Å². The summed E-state index contributed by atoms with van der Waals surface area (Å²) in [6, 6.07) is 6.36. The van der Waals surface area contributed by atoms with Crippen LogP contribution in [0.1, 0.15) is 16.6 Å². The molecular weight excluding hydrogens is 253 g/mol. The Morgan fingerprint density at radius 1 is 1.56 bits per heavy atom. The van der Waals surface area contributed by atoms with Crippen molar-refractivity contribution in [1.82, 2.24) is 5.32 Å². The second-order valence-corrected chi connectivity index (χ2v) is 5.18. The number of benzene rings is 1. The minimum Gasteiger partial charge on any atom is -0.383 e.